The molecule has 0 bridgehead atoms. The topological polar surface area (TPSA) is 99.3 Å². The molecule has 0 spiro atoms. The number of anilines is 1. The highest BCUT2D eigenvalue weighted by Crippen LogP contribution is 2.25. The molecule has 3 aromatic rings. The molecule has 6 nitrogen and oxygen atoms in total. The van der Waals surface area contributed by atoms with Gasteiger partial charge in [-0.1, -0.05) is 0 Å². The average Bonchev–Trinajstić information content (AvgIpc) is 2.89. The lowest BCUT2D eigenvalue weighted by atomic mass is 10.1. The van der Waals surface area contributed by atoms with Crippen molar-refractivity contribution in [2.45, 2.75) is 11.8 Å². The summed E-state index contributed by atoms with van der Waals surface area (Å²) in [6.07, 6.45) is 1.34. The number of aromatic amines is 1. The van der Waals surface area contributed by atoms with E-state index in [1.54, 1.807) is 0 Å². The molecule has 0 fully saturated rings. The fraction of sp³-hybridized carbons (Fsp3) is 0.0625. The lowest BCUT2D eigenvalue weighted by molar-refractivity contribution is 0.0699. The molecule has 0 saturated carbocycles. The zero-order valence-electron chi connectivity index (χ0n) is 12.5. The zero-order chi connectivity index (χ0) is 17.5. The fourth-order valence-electron chi connectivity index (χ4n) is 2.49. The number of aromatic carboxylic acids is 1. The van der Waals surface area contributed by atoms with Crippen molar-refractivity contribution < 1.29 is 22.7 Å². The van der Waals surface area contributed by atoms with E-state index in [0.29, 0.717) is 10.9 Å². The number of hydrogen-bond donors (Lipinski definition) is 3. The van der Waals surface area contributed by atoms with E-state index < -0.39 is 21.8 Å². The Kier molecular flexibility index (Phi) is 3.76. The monoisotopic (exact) mass is 348 g/mol. The molecular formula is C16H13FN2O4S. The van der Waals surface area contributed by atoms with Crippen LogP contribution in [0, 0.1) is 12.7 Å². The number of aromatic nitrogens is 1. The van der Waals surface area contributed by atoms with Crippen LogP contribution < -0.4 is 4.72 Å². The van der Waals surface area contributed by atoms with Crippen molar-refractivity contribution in [3.63, 3.8) is 0 Å². The van der Waals surface area contributed by atoms with Crippen LogP contribution in [-0.2, 0) is 10.0 Å². The molecule has 0 amide bonds. The Morgan fingerprint density at radius 2 is 1.96 bits per heavy atom. The van der Waals surface area contributed by atoms with Crippen molar-refractivity contribution in [3.8, 4) is 0 Å². The van der Waals surface area contributed by atoms with Crippen LogP contribution in [0.25, 0.3) is 10.9 Å². The van der Waals surface area contributed by atoms with Crippen molar-refractivity contribution >= 4 is 32.6 Å². The van der Waals surface area contributed by atoms with Crippen molar-refractivity contribution in [2.75, 3.05) is 4.72 Å². The highest BCUT2D eigenvalue weighted by atomic mass is 32.2. The van der Waals surface area contributed by atoms with E-state index in [9.17, 15) is 17.6 Å². The summed E-state index contributed by atoms with van der Waals surface area (Å²) in [5.74, 6) is -1.59. The van der Waals surface area contributed by atoms with Gasteiger partial charge in [0.25, 0.3) is 10.0 Å². The second-order valence-electron chi connectivity index (χ2n) is 5.28. The lowest BCUT2D eigenvalue weighted by Gasteiger charge is -2.10. The standard InChI is InChI=1S/C16H13FN2O4S/c1-9-6-10(17)2-5-15(9)24(22,23)19-11-3-4-12-13(16(20)21)8-18-14(12)7-11/h2-8,18-19H,1H3,(H,20,21). The van der Waals surface area contributed by atoms with Gasteiger partial charge in [0.2, 0.25) is 0 Å². The number of carbonyl (C=O) groups is 1. The number of hydrogen-bond acceptors (Lipinski definition) is 3. The fourth-order valence-corrected chi connectivity index (χ4v) is 3.77. The number of aryl methyl sites for hydroxylation is 1. The maximum absolute atomic E-state index is 13.1. The molecule has 3 rings (SSSR count). The minimum atomic E-state index is -3.89. The molecule has 0 atom stereocenters. The van der Waals surface area contributed by atoms with Gasteiger partial charge in [-0.25, -0.2) is 17.6 Å². The Bertz CT molecular complexity index is 1060. The first kappa shape index (κ1) is 16.0. The second kappa shape index (κ2) is 5.64. The molecular weight excluding hydrogens is 335 g/mol. The van der Waals surface area contributed by atoms with Crippen LogP contribution in [-0.4, -0.2) is 24.5 Å². The van der Waals surface area contributed by atoms with E-state index in [4.69, 9.17) is 5.11 Å². The van der Waals surface area contributed by atoms with Crippen molar-refractivity contribution in [2.24, 2.45) is 0 Å². The van der Waals surface area contributed by atoms with Crippen LogP contribution in [0.2, 0.25) is 0 Å². The smallest absolute Gasteiger partial charge is 0.337 e. The van der Waals surface area contributed by atoms with Gasteiger partial charge in [0.1, 0.15) is 5.82 Å². The number of nitrogens with one attached hydrogen (secondary N) is 2. The number of carboxylic acids is 1. The molecule has 0 aliphatic carbocycles. The van der Waals surface area contributed by atoms with Crippen LogP contribution in [0.4, 0.5) is 10.1 Å². The van der Waals surface area contributed by atoms with Gasteiger partial charge in [0.05, 0.1) is 16.1 Å². The highest BCUT2D eigenvalue weighted by Gasteiger charge is 2.18. The average molecular weight is 348 g/mol. The van der Waals surface area contributed by atoms with Crippen molar-refractivity contribution in [1.82, 2.24) is 4.98 Å². The number of sulfonamides is 1. The second-order valence-corrected chi connectivity index (χ2v) is 6.93. The third-order valence-corrected chi connectivity index (χ3v) is 5.13. The third kappa shape index (κ3) is 2.83. The molecule has 0 aliphatic rings. The number of rotatable bonds is 4. The van der Waals surface area contributed by atoms with Gasteiger partial charge >= 0.3 is 5.97 Å². The molecule has 124 valence electrons. The summed E-state index contributed by atoms with van der Waals surface area (Å²) in [4.78, 5) is 13.8. The molecule has 1 aromatic heterocycles. The third-order valence-electron chi connectivity index (χ3n) is 3.59. The predicted molar refractivity (Wildman–Crippen MR) is 87.2 cm³/mol. The maximum Gasteiger partial charge on any atom is 0.337 e. The van der Waals surface area contributed by atoms with E-state index in [2.05, 4.69) is 9.71 Å². The summed E-state index contributed by atoms with van der Waals surface area (Å²) >= 11 is 0. The Labute approximate surface area is 137 Å². The van der Waals surface area contributed by atoms with Crippen LogP contribution >= 0.6 is 0 Å². The van der Waals surface area contributed by atoms with E-state index >= 15 is 0 Å². The van der Waals surface area contributed by atoms with Crippen LogP contribution in [0.15, 0.2) is 47.5 Å². The lowest BCUT2D eigenvalue weighted by Crippen LogP contribution is -2.14. The summed E-state index contributed by atoms with van der Waals surface area (Å²) in [5.41, 5.74) is 1.15. The Morgan fingerprint density at radius 3 is 2.62 bits per heavy atom. The zero-order valence-corrected chi connectivity index (χ0v) is 13.3. The van der Waals surface area contributed by atoms with Gasteiger partial charge in [0, 0.05) is 17.1 Å². The minimum Gasteiger partial charge on any atom is -0.478 e. The molecule has 3 N–H and O–H groups in total. The van der Waals surface area contributed by atoms with E-state index in [1.807, 2.05) is 0 Å². The van der Waals surface area contributed by atoms with Crippen LogP contribution in [0.1, 0.15) is 15.9 Å². The molecule has 1 heterocycles. The first-order valence-corrected chi connectivity index (χ1v) is 8.39. The predicted octanol–water partition coefficient (Wildman–Crippen LogP) is 3.11. The Balaban J connectivity index is 1.98. The Hall–Kier alpha value is -2.87. The van der Waals surface area contributed by atoms with Gasteiger partial charge in [0.15, 0.2) is 0 Å². The number of benzene rings is 2. The van der Waals surface area contributed by atoms with Gasteiger partial charge < -0.3 is 10.1 Å². The number of H-pyrrole nitrogens is 1. The summed E-state index contributed by atoms with van der Waals surface area (Å²) in [6, 6.07) is 7.90. The molecule has 0 unspecified atom stereocenters. The number of halogens is 1. The number of fused-ring (bicyclic) bond motifs is 1. The van der Waals surface area contributed by atoms with Crippen molar-refractivity contribution in [3.05, 3.63) is 59.5 Å². The highest BCUT2D eigenvalue weighted by molar-refractivity contribution is 7.92. The van der Waals surface area contributed by atoms with Gasteiger partial charge in [-0.2, -0.15) is 0 Å². The SMILES string of the molecule is Cc1cc(F)ccc1S(=O)(=O)Nc1ccc2c(C(=O)O)c[nH]c2c1. The molecule has 0 aliphatic heterocycles. The first-order chi connectivity index (χ1) is 11.3. The van der Waals surface area contributed by atoms with Crippen molar-refractivity contribution in [1.29, 1.82) is 0 Å². The quantitative estimate of drug-likeness (QED) is 0.674. The summed E-state index contributed by atoms with van der Waals surface area (Å²) in [6.45, 7) is 1.50. The van der Waals surface area contributed by atoms with Gasteiger partial charge in [-0.3, -0.25) is 4.72 Å². The van der Waals surface area contributed by atoms with Gasteiger partial charge in [-0.05, 0) is 48.9 Å². The van der Waals surface area contributed by atoms with Gasteiger partial charge in [-0.15, -0.1) is 0 Å². The molecule has 0 radical (unpaired) electrons. The van der Waals surface area contributed by atoms with E-state index in [0.717, 1.165) is 12.1 Å². The maximum atomic E-state index is 13.1. The normalized spacial score (nSPS) is 11.6. The summed E-state index contributed by atoms with van der Waals surface area (Å²) < 4.78 is 40.4. The Morgan fingerprint density at radius 1 is 1.21 bits per heavy atom. The largest absolute Gasteiger partial charge is 0.478 e. The summed E-state index contributed by atoms with van der Waals surface area (Å²) in [7, 11) is -3.89. The minimum absolute atomic E-state index is 0.0262. The molecule has 8 heteroatoms. The molecule has 2 aromatic carbocycles. The summed E-state index contributed by atoms with van der Waals surface area (Å²) in [5, 5.41) is 9.54. The molecule has 0 saturated heterocycles. The van der Waals surface area contributed by atoms with Crippen LogP contribution in [0.5, 0.6) is 0 Å². The van der Waals surface area contributed by atoms with Crippen LogP contribution in [0.3, 0.4) is 0 Å². The number of carboxylic acid groups (broad SMARTS) is 1. The van der Waals surface area contributed by atoms with E-state index in [1.165, 1.54) is 37.4 Å². The first-order valence-electron chi connectivity index (χ1n) is 6.91. The molecule has 24 heavy (non-hydrogen) atoms. The van der Waals surface area contributed by atoms with E-state index in [-0.39, 0.29) is 21.7 Å².